The molecule has 0 unspecified atom stereocenters. The molecule has 0 radical (unpaired) electrons. The molecule has 2 aromatic carbocycles. The van der Waals surface area contributed by atoms with Crippen LogP contribution in [-0.4, -0.2) is 85.8 Å². The number of carbonyl (C=O) groups excluding carboxylic acids is 2. The topological polar surface area (TPSA) is 108 Å². The molecular weight excluding hydrogens is 568 g/mol. The molecule has 5 rings (SSSR count). The van der Waals surface area contributed by atoms with E-state index in [1.165, 1.54) is 6.42 Å². The molecule has 2 fully saturated rings. The van der Waals surface area contributed by atoms with Crippen LogP contribution in [0.4, 0.5) is 21.9 Å². The predicted octanol–water partition coefficient (Wildman–Crippen LogP) is 5.39. The van der Waals surface area contributed by atoms with Gasteiger partial charge in [0.25, 0.3) is 0 Å². The van der Waals surface area contributed by atoms with E-state index in [9.17, 15) is 9.59 Å². The Bertz CT molecular complexity index is 1380. The minimum atomic E-state index is -0.461. The zero-order chi connectivity index (χ0) is 29.9. The van der Waals surface area contributed by atoms with Gasteiger partial charge in [0.2, 0.25) is 5.91 Å². The van der Waals surface area contributed by atoms with Crippen molar-refractivity contribution in [1.29, 1.82) is 0 Å². The number of carbonyl (C=O) groups is 2. The molecule has 3 aromatic rings. The van der Waals surface area contributed by atoms with Crippen LogP contribution in [0, 0.1) is 0 Å². The number of pyridine rings is 1. The molecule has 3 heterocycles. The van der Waals surface area contributed by atoms with E-state index in [2.05, 4.69) is 30.7 Å². The Balaban J connectivity index is 1.21. The summed E-state index contributed by atoms with van der Waals surface area (Å²) in [5.74, 6) is -0.0651. The van der Waals surface area contributed by atoms with Gasteiger partial charge in [0.05, 0.1) is 25.3 Å². The SMILES string of the molecule is O=C(CN1CCCCC1)Nc1cc(COC(=O)NCCCCN2CCOCC2)cc(Nc2ccnc3cc(Cl)ccc23)c1. The van der Waals surface area contributed by atoms with E-state index >= 15 is 0 Å². The molecular formula is C32H41ClN6O4. The van der Waals surface area contributed by atoms with E-state index in [-0.39, 0.29) is 12.5 Å². The fourth-order valence-electron chi connectivity index (χ4n) is 5.50. The first kappa shape index (κ1) is 31.0. The lowest BCUT2D eigenvalue weighted by molar-refractivity contribution is -0.117. The van der Waals surface area contributed by atoms with Gasteiger partial charge >= 0.3 is 6.09 Å². The van der Waals surface area contributed by atoms with Crippen molar-refractivity contribution in [2.45, 2.75) is 38.7 Å². The number of benzene rings is 2. The summed E-state index contributed by atoms with van der Waals surface area (Å²) in [5, 5.41) is 10.9. The molecule has 230 valence electrons. The second kappa shape index (κ2) is 15.9. The zero-order valence-electron chi connectivity index (χ0n) is 24.6. The van der Waals surface area contributed by atoms with Crippen molar-refractivity contribution in [3.63, 3.8) is 0 Å². The zero-order valence-corrected chi connectivity index (χ0v) is 25.3. The van der Waals surface area contributed by atoms with Gasteiger partial charge in [0, 0.05) is 53.3 Å². The number of nitrogens with zero attached hydrogens (tertiary/aromatic N) is 3. The molecule has 2 aliphatic rings. The van der Waals surface area contributed by atoms with Crippen LogP contribution >= 0.6 is 11.6 Å². The van der Waals surface area contributed by atoms with Crippen LogP contribution in [0.2, 0.25) is 5.02 Å². The Labute approximate surface area is 258 Å². The Morgan fingerprint density at radius 3 is 2.58 bits per heavy atom. The lowest BCUT2D eigenvalue weighted by Crippen LogP contribution is -2.37. The minimum absolute atomic E-state index is 0.0651. The van der Waals surface area contributed by atoms with Gasteiger partial charge in [0.1, 0.15) is 6.61 Å². The number of anilines is 3. The number of alkyl carbamates (subject to hydrolysis) is 1. The first-order chi connectivity index (χ1) is 21.0. The number of hydrogen-bond donors (Lipinski definition) is 3. The van der Waals surface area contributed by atoms with Crippen molar-refractivity contribution in [2.75, 3.05) is 69.7 Å². The Morgan fingerprint density at radius 2 is 1.74 bits per heavy atom. The van der Waals surface area contributed by atoms with Gasteiger partial charge in [-0.1, -0.05) is 18.0 Å². The summed E-state index contributed by atoms with van der Waals surface area (Å²) in [7, 11) is 0. The highest BCUT2D eigenvalue weighted by Gasteiger charge is 2.15. The number of ether oxygens (including phenoxy) is 2. The van der Waals surface area contributed by atoms with Crippen molar-refractivity contribution in [2.24, 2.45) is 0 Å². The maximum atomic E-state index is 12.9. The van der Waals surface area contributed by atoms with Crippen molar-refractivity contribution >= 4 is 51.6 Å². The van der Waals surface area contributed by atoms with Gasteiger partial charge in [-0.25, -0.2) is 4.79 Å². The van der Waals surface area contributed by atoms with Crippen LogP contribution in [0.3, 0.4) is 0 Å². The van der Waals surface area contributed by atoms with E-state index in [4.69, 9.17) is 21.1 Å². The molecule has 2 aliphatic heterocycles. The average Bonchev–Trinajstić information content (AvgIpc) is 3.01. The number of likely N-dealkylation sites (tertiary alicyclic amines) is 1. The molecule has 43 heavy (non-hydrogen) atoms. The number of amides is 2. The standard InChI is InChI=1S/C32H41ClN6O4/c33-25-6-7-28-29(8-10-34-30(28)20-25)36-26-18-24(19-27(21-26)37-31(40)22-39-12-3-1-4-13-39)23-43-32(41)35-9-2-5-11-38-14-16-42-17-15-38/h6-8,10,18-21H,1-5,9,11-17,22-23H2,(H,34,36)(H,35,41)(H,37,40). The van der Waals surface area contributed by atoms with Crippen molar-refractivity contribution < 1.29 is 19.1 Å². The van der Waals surface area contributed by atoms with Crippen LogP contribution in [0.15, 0.2) is 48.7 Å². The molecule has 11 heteroatoms. The highest BCUT2D eigenvalue weighted by atomic mass is 35.5. The Morgan fingerprint density at radius 1 is 0.930 bits per heavy atom. The minimum Gasteiger partial charge on any atom is -0.445 e. The summed E-state index contributed by atoms with van der Waals surface area (Å²) in [4.78, 5) is 34.3. The van der Waals surface area contributed by atoms with Crippen LogP contribution in [0.1, 0.15) is 37.7 Å². The monoisotopic (exact) mass is 608 g/mol. The van der Waals surface area contributed by atoms with Crippen molar-refractivity contribution in [1.82, 2.24) is 20.1 Å². The third kappa shape index (κ3) is 9.79. The van der Waals surface area contributed by atoms with E-state index in [0.717, 1.165) is 99.5 Å². The summed E-state index contributed by atoms with van der Waals surface area (Å²) in [6.45, 7) is 7.38. The maximum absolute atomic E-state index is 12.9. The van der Waals surface area contributed by atoms with Crippen LogP contribution in [0.25, 0.3) is 10.9 Å². The molecule has 10 nitrogen and oxygen atoms in total. The smallest absolute Gasteiger partial charge is 0.407 e. The molecule has 0 saturated carbocycles. The molecule has 2 saturated heterocycles. The second-order valence-corrected chi connectivity index (χ2v) is 11.5. The van der Waals surface area contributed by atoms with Gasteiger partial charge in [-0.05, 0) is 93.3 Å². The third-order valence-electron chi connectivity index (χ3n) is 7.72. The second-order valence-electron chi connectivity index (χ2n) is 11.1. The predicted molar refractivity (Wildman–Crippen MR) is 170 cm³/mol. The first-order valence-corrected chi connectivity index (χ1v) is 15.6. The molecule has 3 N–H and O–H groups in total. The number of fused-ring (bicyclic) bond motifs is 1. The number of aromatic nitrogens is 1. The fourth-order valence-corrected chi connectivity index (χ4v) is 5.67. The summed E-state index contributed by atoms with van der Waals surface area (Å²) >= 11 is 6.17. The molecule has 0 atom stereocenters. The highest BCUT2D eigenvalue weighted by molar-refractivity contribution is 6.31. The van der Waals surface area contributed by atoms with Crippen molar-refractivity contribution in [3.8, 4) is 0 Å². The summed E-state index contributed by atoms with van der Waals surface area (Å²) in [6.07, 6.45) is 6.60. The van der Waals surface area contributed by atoms with Gasteiger partial charge in [-0.2, -0.15) is 0 Å². The average molecular weight is 609 g/mol. The summed E-state index contributed by atoms with van der Waals surface area (Å²) in [6, 6.07) is 13.1. The third-order valence-corrected chi connectivity index (χ3v) is 7.96. The van der Waals surface area contributed by atoms with Gasteiger partial charge in [-0.15, -0.1) is 0 Å². The highest BCUT2D eigenvalue weighted by Crippen LogP contribution is 2.29. The number of nitrogens with one attached hydrogen (secondary N) is 3. The van der Waals surface area contributed by atoms with Crippen molar-refractivity contribution in [3.05, 3.63) is 59.2 Å². The fraction of sp³-hybridized carbons (Fsp3) is 0.469. The van der Waals surface area contributed by atoms with Crippen LogP contribution in [-0.2, 0) is 20.9 Å². The first-order valence-electron chi connectivity index (χ1n) is 15.2. The van der Waals surface area contributed by atoms with E-state index in [1.54, 1.807) is 6.20 Å². The normalized spacial score (nSPS) is 16.1. The summed E-state index contributed by atoms with van der Waals surface area (Å²) < 4.78 is 10.9. The Hall–Kier alpha value is -3.44. The molecule has 1 aromatic heterocycles. The molecule has 2 amide bonds. The van der Waals surface area contributed by atoms with E-state index < -0.39 is 6.09 Å². The molecule has 0 bridgehead atoms. The number of piperidine rings is 1. The number of halogens is 1. The van der Waals surface area contributed by atoms with Crippen LogP contribution in [0.5, 0.6) is 0 Å². The van der Waals surface area contributed by atoms with E-state index in [1.807, 2.05) is 42.5 Å². The van der Waals surface area contributed by atoms with Gasteiger partial charge in [-0.3, -0.25) is 19.6 Å². The number of unbranched alkanes of at least 4 members (excludes halogenated alkanes) is 1. The lowest BCUT2D eigenvalue weighted by Gasteiger charge is -2.26. The molecule has 0 aliphatic carbocycles. The number of morpholine rings is 1. The Kier molecular flexibility index (Phi) is 11.4. The maximum Gasteiger partial charge on any atom is 0.407 e. The molecule has 0 spiro atoms. The van der Waals surface area contributed by atoms with Gasteiger partial charge < -0.3 is 25.4 Å². The van der Waals surface area contributed by atoms with Crippen LogP contribution < -0.4 is 16.0 Å². The quantitative estimate of drug-likeness (QED) is 0.235. The number of hydrogen-bond acceptors (Lipinski definition) is 8. The van der Waals surface area contributed by atoms with E-state index in [0.29, 0.717) is 23.8 Å². The summed E-state index contributed by atoms with van der Waals surface area (Å²) in [5.41, 5.74) is 3.76. The largest absolute Gasteiger partial charge is 0.445 e. The van der Waals surface area contributed by atoms with Gasteiger partial charge in [0.15, 0.2) is 0 Å². The number of rotatable bonds is 12. The lowest BCUT2D eigenvalue weighted by atomic mass is 10.1.